The Labute approximate surface area is 83.2 Å². The number of phenolic OH excluding ortho intramolecular Hbond substituents is 1. The minimum Gasteiger partial charge on any atom is -0.507 e. The van der Waals surface area contributed by atoms with Crippen LogP contribution in [0.3, 0.4) is 0 Å². The van der Waals surface area contributed by atoms with Gasteiger partial charge in [-0.1, -0.05) is 6.07 Å². The number of aromatic hydroxyl groups is 1. The lowest BCUT2D eigenvalue weighted by Crippen LogP contribution is -2.29. The summed E-state index contributed by atoms with van der Waals surface area (Å²) >= 11 is 1.03. The molecule has 1 aromatic carbocycles. The van der Waals surface area contributed by atoms with Crippen molar-refractivity contribution in [1.82, 2.24) is 0 Å². The normalized spacial score (nSPS) is 10.8. The fourth-order valence-corrected chi connectivity index (χ4v) is 2.29. The zero-order valence-electron chi connectivity index (χ0n) is 6.94. The van der Waals surface area contributed by atoms with Crippen LogP contribution in [0.4, 0.5) is 4.39 Å². The average Bonchev–Trinajstić information content (AvgIpc) is 2.49. The van der Waals surface area contributed by atoms with E-state index in [4.69, 9.17) is 10.0 Å². The molecule has 0 unspecified atom stereocenters. The molecule has 0 aliphatic carbocycles. The van der Waals surface area contributed by atoms with Gasteiger partial charge in [-0.05, 0) is 6.07 Å². The summed E-state index contributed by atoms with van der Waals surface area (Å²) in [5.74, 6) is -0.742. The molecule has 0 bridgehead atoms. The first-order valence-electron chi connectivity index (χ1n) is 3.86. The Hall–Kier alpha value is -1.11. The van der Waals surface area contributed by atoms with Crippen molar-refractivity contribution in [3.8, 4) is 5.75 Å². The molecule has 0 saturated carbocycles. The predicted octanol–water partition coefficient (Wildman–Crippen LogP) is 0.426. The zero-order valence-corrected chi connectivity index (χ0v) is 7.75. The van der Waals surface area contributed by atoms with Crippen LogP contribution >= 0.6 is 11.3 Å². The molecule has 2 aromatic rings. The fourth-order valence-electron chi connectivity index (χ4n) is 1.32. The van der Waals surface area contributed by atoms with Crippen molar-refractivity contribution in [2.45, 2.75) is 0 Å². The highest BCUT2D eigenvalue weighted by atomic mass is 32.1. The largest absolute Gasteiger partial charge is 0.507 e. The van der Waals surface area contributed by atoms with E-state index in [1.54, 1.807) is 0 Å². The lowest BCUT2D eigenvalue weighted by atomic mass is 9.80. The summed E-state index contributed by atoms with van der Waals surface area (Å²) in [7, 11) is -1.66. The highest BCUT2D eigenvalue weighted by Gasteiger charge is 2.19. The van der Waals surface area contributed by atoms with Gasteiger partial charge in [0, 0.05) is 15.5 Å². The summed E-state index contributed by atoms with van der Waals surface area (Å²) in [4.78, 5) is 0. The molecule has 72 valence electrons. The van der Waals surface area contributed by atoms with Crippen LogP contribution in [0, 0.1) is 5.82 Å². The molecule has 0 spiro atoms. The Morgan fingerprint density at radius 2 is 2.00 bits per heavy atom. The molecular formula is C8H6BFO3S. The van der Waals surface area contributed by atoms with E-state index in [1.807, 2.05) is 0 Å². The summed E-state index contributed by atoms with van der Waals surface area (Å²) in [6.45, 7) is 0. The maximum absolute atomic E-state index is 13.1. The second-order valence-electron chi connectivity index (χ2n) is 2.84. The molecule has 14 heavy (non-hydrogen) atoms. The van der Waals surface area contributed by atoms with Gasteiger partial charge in [0.1, 0.15) is 11.6 Å². The maximum atomic E-state index is 13.1. The van der Waals surface area contributed by atoms with Crippen molar-refractivity contribution < 1.29 is 19.5 Å². The predicted molar refractivity (Wildman–Crippen MR) is 53.3 cm³/mol. The Bertz CT molecular complexity index is 483. The molecular weight excluding hydrogens is 206 g/mol. The SMILES string of the molecule is OB(O)c1ccc(O)c2c(F)csc12. The van der Waals surface area contributed by atoms with E-state index in [9.17, 15) is 9.50 Å². The van der Waals surface area contributed by atoms with Crippen molar-refractivity contribution >= 4 is 34.0 Å². The van der Waals surface area contributed by atoms with E-state index in [0.717, 1.165) is 11.3 Å². The van der Waals surface area contributed by atoms with Gasteiger partial charge in [-0.2, -0.15) is 0 Å². The van der Waals surface area contributed by atoms with E-state index in [1.165, 1.54) is 17.5 Å². The lowest BCUT2D eigenvalue weighted by molar-refractivity contribution is 0.426. The second-order valence-corrected chi connectivity index (χ2v) is 3.72. The van der Waals surface area contributed by atoms with E-state index >= 15 is 0 Å². The van der Waals surface area contributed by atoms with Crippen LogP contribution in [0.2, 0.25) is 0 Å². The molecule has 0 aliphatic heterocycles. The lowest BCUT2D eigenvalue weighted by Gasteiger charge is -2.02. The third kappa shape index (κ3) is 1.28. The molecule has 0 aliphatic rings. The number of phenols is 1. The van der Waals surface area contributed by atoms with Crippen LogP contribution < -0.4 is 5.46 Å². The van der Waals surface area contributed by atoms with Crippen molar-refractivity contribution in [3.05, 3.63) is 23.3 Å². The highest BCUT2D eigenvalue weighted by Crippen LogP contribution is 2.30. The average molecular weight is 212 g/mol. The smallest absolute Gasteiger partial charge is 0.489 e. The Balaban J connectivity index is 2.83. The number of thiophene rings is 1. The van der Waals surface area contributed by atoms with Gasteiger partial charge in [0.25, 0.3) is 0 Å². The molecule has 0 radical (unpaired) electrons. The number of hydrogen-bond donors (Lipinski definition) is 3. The molecule has 6 heteroatoms. The summed E-state index contributed by atoms with van der Waals surface area (Å²) in [5, 5.41) is 28.6. The van der Waals surface area contributed by atoms with Gasteiger partial charge in [0.2, 0.25) is 0 Å². The van der Waals surface area contributed by atoms with Crippen LogP contribution in [0.25, 0.3) is 10.1 Å². The summed E-state index contributed by atoms with van der Waals surface area (Å²) < 4.78 is 13.5. The van der Waals surface area contributed by atoms with Gasteiger partial charge in [0.15, 0.2) is 0 Å². The van der Waals surface area contributed by atoms with Crippen molar-refractivity contribution in [2.24, 2.45) is 0 Å². The minimum absolute atomic E-state index is 0.0422. The van der Waals surface area contributed by atoms with Crippen LogP contribution in [-0.2, 0) is 0 Å². The van der Waals surface area contributed by atoms with E-state index in [2.05, 4.69) is 0 Å². The third-order valence-corrected chi connectivity index (χ3v) is 2.96. The van der Waals surface area contributed by atoms with Crippen molar-refractivity contribution in [1.29, 1.82) is 0 Å². The first-order chi connectivity index (χ1) is 6.61. The highest BCUT2D eigenvalue weighted by molar-refractivity contribution is 7.18. The molecule has 0 fully saturated rings. The molecule has 0 atom stereocenters. The summed E-state index contributed by atoms with van der Waals surface area (Å²) in [6.07, 6.45) is 0. The molecule has 0 saturated heterocycles. The Kier molecular flexibility index (Phi) is 2.18. The number of fused-ring (bicyclic) bond motifs is 1. The zero-order chi connectivity index (χ0) is 10.3. The second kappa shape index (κ2) is 3.23. The van der Waals surface area contributed by atoms with Crippen LogP contribution in [0.15, 0.2) is 17.5 Å². The van der Waals surface area contributed by atoms with Crippen LogP contribution in [0.5, 0.6) is 5.75 Å². The van der Waals surface area contributed by atoms with Crippen LogP contribution in [-0.4, -0.2) is 22.3 Å². The number of halogens is 1. The first kappa shape index (κ1) is 9.45. The quantitative estimate of drug-likeness (QED) is 0.600. The molecule has 0 amide bonds. The minimum atomic E-state index is -1.66. The van der Waals surface area contributed by atoms with Gasteiger partial charge >= 0.3 is 7.12 Å². The molecule has 1 heterocycles. The van der Waals surface area contributed by atoms with Gasteiger partial charge in [0.05, 0.1) is 5.39 Å². The molecule has 3 nitrogen and oxygen atoms in total. The standard InChI is InChI=1S/C8H6BFO3S/c10-5-3-14-8-4(9(12)13)1-2-6(11)7(5)8/h1-3,11-13H. The fraction of sp³-hybridized carbons (Fsp3) is 0. The van der Waals surface area contributed by atoms with E-state index in [0.29, 0.717) is 4.70 Å². The first-order valence-corrected chi connectivity index (χ1v) is 4.74. The Morgan fingerprint density at radius 3 is 2.64 bits per heavy atom. The summed E-state index contributed by atoms with van der Waals surface area (Å²) in [5.41, 5.74) is 0.201. The van der Waals surface area contributed by atoms with Gasteiger partial charge in [-0.25, -0.2) is 4.39 Å². The Morgan fingerprint density at radius 1 is 1.29 bits per heavy atom. The van der Waals surface area contributed by atoms with E-state index < -0.39 is 12.9 Å². The molecule has 2 rings (SSSR count). The van der Waals surface area contributed by atoms with Crippen molar-refractivity contribution in [3.63, 3.8) is 0 Å². The van der Waals surface area contributed by atoms with Crippen molar-refractivity contribution in [2.75, 3.05) is 0 Å². The van der Waals surface area contributed by atoms with Gasteiger partial charge < -0.3 is 15.2 Å². The number of hydrogen-bond acceptors (Lipinski definition) is 4. The maximum Gasteiger partial charge on any atom is 0.489 e. The van der Waals surface area contributed by atoms with E-state index in [-0.39, 0.29) is 16.6 Å². The van der Waals surface area contributed by atoms with Crippen LogP contribution in [0.1, 0.15) is 0 Å². The van der Waals surface area contributed by atoms with Gasteiger partial charge in [-0.3, -0.25) is 0 Å². The van der Waals surface area contributed by atoms with Gasteiger partial charge in [-0.15, -0.1) is 11.3 Å². The summed E-state index contributed by atoms with van der Waals surface area (Å²) in [6, 6.07) is 2.60. The number of benzene rings is 1. The topological polar surface area (TPSA) is 60.7 Å². The molecule has 1 aromatic heterocycles. The molecule has 3 N–H and O–H groups in total. The number of rotatable bonds is 1. The monoisotopic (exact) mass is 212 g/mol. The third-order valence-electron chi connectivity index (χ3n) is 1.96.